The second kappa shape index (κ2) is 5.82. The molecular weight excluding hydrogens is 172 g/mol. The van der Waals surface area contributed by atoms with Crippen LogP contribution in [0, 0.1) is 0 Å². The van der Waals surface area contributed by atoms with Gasteiger partial charge in [-0.05, 0) is 30.4 Å². The summed E-state index contributed by atoms with van der Waals surface area (Å²) in [6.07, 6.45) is 3.76. The highest BCUT2D eigenvalue weighted by Crippen LogP contribution is 2.09. The van der Waals surface area contributed by atoms with Gasteiger partial charge in [0.25, 0.3) is 0 Å². The molecule has 1 aromatic rings. The van der Waals surface area contributed by atoms with Crippen LogP contribution in [0.3, 0.4) is 0 Å². The summed E-state index contributed by atoms with van der Waals surface area (Å²) >= 11 is 0. The van der Waals surface area contributed by atoms with Gasteiger partial charge in [0.2, 0.25) is 0 Å². The average Bonchev–Trinajstić information content (AvgIpc) is 2.21. The molecule has 0 saturated heterocycles. The quantitative estimate of drug-likeness (QED) is 0.760. The maximum atomic E-state index is 9.48. The first-order valence-electron chi connectivity index (χ1n) is 5.52. The number of hydrogen-bond donors (Lipinski definition) is 1. The fourth-order valence-corrected chi connectivity index (χ4v) is 1.55. The van der Waals surface area contributed by atoms with Crippen LogP contribution in [0.2, 0.25) is 0 Å². The van der Waals surface area contributed by atoms with Crippen LogP contribution in [0.15, 0.2) is 24.3 Å². The molecule has 0 amide bonds. The first-order chi connectivity index (χ1) is 6.76. The van der Waals surface area contributed by atoms with Gasteiger partial charge in [-0.1, -0.05) is 44.5 Å². The zero-order valence-electron chi connectivity index (χ0n) is 9.16. The van der Waals surface area contributed by atoms with Gasteiger partial charge in [-0.2, -0.15) is 0 Å². The van der Waals surface area contributed by atoms with Crippen LogP contribution in [-0.4, -0.2) is 11.2 Å². The van der Waals surface area contributed by atoms with Crippen LogP contribution in [0.4, 0.5) is 0 Å². The predicted molar refractivity (Wildman–Crippen MR) is 60.4 cm³/mol. The van der Waals surface area contributed by atoms with Gasteiger partial charge in [0, 0.05) is 0 Å². The van der Waals surface area contributed by atoms with E-state index in [1.165, 1.54) is 17.5 Å². The van der Waals surface area contributed by atoms with Gasteiger partial charge in [-0.25, -0.2) is 0 Å². The highest BCUT2D eigenvalue weighted by atomic mass is 16.3. The summed E-state index contributed by atoms with van der Waals surface area (Å²) in [5.41, 5.74) is 2.63. The Kier molecular flexibility index (Phi) is 4.68. The van der Waals surface area contributed by atoms with E-state index in [2.05, 4.69) is 31.2 Å². The minimum atomic E-state index is -0.188. The standard InChI is InChI=1S/C13H20O/c1-3-5-11-6-8-12(9-7-11)10-13(14)4-2/h6-9,13-14H,3-5,10H2,1-2H3. The SMILES string of the molecule is CCCc1ccc(CC(O)CC)cc1. The molecule has 0 fully saturated rings. The molecule has 1 N–H and O–H groups in total. The lowest BCUT2D eigenvalue weighted by atomic mass is 10.0. The van der Waals surface area contributed by atoms with E-state index in [9.17, 15) is 5.11 Å². The van der Waals surface area contributed by atoms with Crippen LogP contribution >= 0.6 is 0 Å². The lowest BCUT2D eigenvalue weighted by molar-refractivity contribution is 0.171. The molecule has 1 aromatic carbocycles. The van der Waals surface area contributed by atoms with E-state index in [1.807, 2.05) is 6.92 Å². The molecular formula is C13H20O. The topological polar surface area (TPSA) is 20.2 Å². The monoisotopic (exact) mass is 192 g/mol. The Hall–Kier alpha value is -0.820. The number of aliphatic hydroxyl groups excluding tert-OH is 1. The number of aliphatic hydroxyl groups is 1. The average molecular weight is 192 g/mol. The fraction of sp³-hybridized carbons (Fsp3) is 0.538. The van der Waals surface area contributed by atoms with E-state index in [0.29, 0.717) is 0 Å². The lowest BCUT2D eigenvalue weighted by Gasteiger charge is -2.08. The van der Waals surface area contributed by atoms with Crippen LogP contribution in [0.5, 0.6) is 0 Å². The molecule has 1 rings (SSSR count). The molecule has 0 spiro atoms. The van der Waals surface area contributed by atoms with Crippen molar-refractivity contribution < 1.29 is 5.11 Å². The molecule has 78 valence electrons. The number of aryl methyl sites for hydroxylation is 1. The molecule has 0 bridgehead atoms. The summed E-state index contributed by atoms with van der Waals surface area (Å²) in [6.45, 7) is 4.20. The van der Waals surface area contributed by atoms with E-state index in [4.69, 9.17) is 0 Å². The van der Waals surface area contributed by atoms with Crippen LogP contribution in [0.1, 0.15) is 37.8 Å². The van der Waals surface area contributed by atoms with Gasteiger partial charge in [0.05, 0.1) is 6.10 Å². The van der Waals surface area contributed by atoms with E-state index < -0.39 is 0 Å². The van der Waals surface area contributed by atoms with Crippen molar-refractivity contribution in [3.05, 3.63) is 35.4 Å². The molecule has 1 unspecified atom stereocenters. The Balaban J connectivity index is 2.54. The third-order valence-electron chi connectivity index (χ3n) is 2.50. The van der Waals surface area contributed by atoms with Gasteiger partial charge in [-0.3, -0.25) is 0 Å². The minimum Gasteiger partial charge on any atom is -0.393 e. The Morgan fingerprint density at radius 2 is 1.64 bits per heavy atom. The first-order valence-corrected chi connectivity index (χ1v) is 5.52. The maximum Gasteiger partial charge on any atom is 0.0577 e. The van der Waals surface area contributed by atoms with Crippen molar-refractivity contribution in [2.24, 2.45) is 0 Å². The van der Waals surface area contributed by atoms with Crippen molar-refractivity contribution >= 4 is 0 Å². The van der Waals surface area contributed by atoms with Crippen molar-refractivity contribution in [3.8, 4) is 0 Å². The van der Waals surface area contributed by atoms with E-state index in [-0.39, 0.29) is 6.10 Å². The molecule has 1 atom stereocenters. The smallest absolute Gasteiger partial charge is 0.0577 e. The van der Waals surface area contributed by atoms with Crippen LogP contribution in [0.25, 0.3) is 0 Å². The van der Waals surface area contributed by atoms with Gasteiger partial charge in [0.1, 0.15) is 0 Å². The third kappa shape index (κ3) is 3.51. The molecule has 0 aromatic heterocycles. The Morgan fingerprint density at radius 3 is 2.14 bits per heavy atom. The number of rotatable bonds is 5. The summed E-state index contributed by atoms with van der Waals surface area (Å²) in [6, 6.07) is 8.59. The predicted octanol–water partition coefficient (Wildman–Crippen LogP) is 2.95. The van der Waals surface area contributed by atoms with Gasteiger partial charge >= 0.3 is 0 Å². The molecule has 0 heterocycles. The van der Waals surface area contributed by atoms with Crippen molar-refractivity contribution in [1.82, 2.24) is 0 Å². The minimum absolute atomic E-state index is 0.188. The molecule has 14 heavy (non-hydrogen) atoms. The van der Waals surface area contributed by atoms with Crippen LogP contribution in [-0.2, 0) is 12.8 Å². The van der Waals surface area contributed by atoms with E-state index in [0.717, 1.165) is 19.3 Å². The maximum absolute atomic E-state index is 9.48. The normalized spacial score (nSPS) is 12.8. The molecule has 0 aliphatic heterocycles. The largest absolute Gasteiger partial charge is 0.393 e. The molecule has 0 saturated carbocycles. The van der Waals surface area contributed by atoms with Gasteiger partial charge < -0.3 is 5.11 Å². The second-order valence-electron chi connectivity index (χ2n) is 3.83. The summed E-state index contributed by atoms with van der Waals surface area (Å²) in [7, 11) is 0. The van der Waals surface area contributed by atoms with Crippen molar-refractivity contribution in [3.63, 3.8) is 0 Å². The van der Waals surface area contributed by atoms with Gasteiger partial charge in [0.15, 0.2) is 0 Å². The summed E-state index contributed by atoms with van der Waals surface area (Å²) in [4.78, 5) is 0. The highest BCUT2D eigenvalue weighted by molar-refractivity contribution is 5.23. The Bertz CT molecular complexity index is 250. The summed E-state index contributed by atoms with van der Waals surface area (Å²) < 4.78 is 0. The molecule has 0 aliphatic rings. The van der Waals surface area contributed by atoms with E-state index >= 15 is 0 Å². The van der Waals surface area contributed by atoms with Gasteiger partial charge in [-0.15, -0.1) is 0 Å². The Labute approximate surface area is 86.8 Å². The molecule has 0 radical (unpaired) electrons. The van der Waals surface area contributed by atoms with Crippen molar-refractivity contribution in [2.75, 3.05) is 0 Å². The Morgan fingerprint density at radius 1 is 1.07 bits per heavy atom. The zero-order chi connectivity index (χ0) is 10.4. The van der Waals surface area contributed by atoms with Crippen molar-refractivity contribution in [1.29, 1.82) is 0 Å². The first kappa shape index (κ1) is 11.3. The van der Waals surface area contributed by atoms with Crippen LogP contribution < -0.4 is 0 Å². The lowest BCUT2D eigenvalue weighted by Crippen LogP contribution is -2.08. The second-order valence-corrected chi connectivity index (χ2v) is 3.83. The molecule has 1 heteroatoms. The van der Waals surface area contributed by atoms with E-state index in [1.54, 1.807) is 0 Å². The highest BCUT2D eigenvalue weighted by Gasteiger charge is 2.02. The zero-order valence-corrected chi connectivity index (χ0v) is 9.16. The third-order valence-corrected chi connectivity index (χ3v) is 2.50. The number of hydrogen-bond acceptors (Lipinski definition) is 1. The fourth-order valence-electron chi connectivity index (χ4n) is 1.55. The van der Waals surface area contributed by atoms with Crippen molar-refractivity contribution in [2.45, 2.75) is 45.6 Å². The molecule has 0 aliphatic carbocycles. The number of benzene rings is 1. The molecule has 1 nitrogen and oxygen atoms in total. The summed E-state index contributed by atoms with van der Waals surface area (Å²) in [5.74, 6) is 0. The summed E-state index contributed by atoms with van der Waals surface area (Å²) in [5, 5.41) is 9.48.